The first-order chi connectivity index (χ1) is 14.2. The molecule has 158 valence electrons. The lowest BCUT2D eigenvalue weighted by molar-refractivity contribution is -0.115. The van der Waals surface area contributed by atoms with E-state index < -0.39 is 5.25 Å². The third kappa shape index (κ3) is 4.99. The van der Waals surface area contributed by atoms with Crippen LogP contribution in [0.15, 0.2) is 52.7 Å². The highest BCUT2D eigenvalue weighted by Crippen LogP contribution is 2.29. The Morgan fingerprint density at radius 1 is 1.30 bits per heavy atom. The van der Waals surface area contributed by atoms with Gasteiger partial charge in [-0.1, -0.05) is 68.0 Å². The van der Waals surface area contributed by atoms with Gasteiger partial charge in [0.2, 0.25) is 5.91 Å². The molecule has 30 heavy (non-hydrogen) atoms. The van der Waals surface area contributed by atoms with Gasteiger partial charge in [-0.05, 0) is 24.8 Å². The van der Waals surface area contributed by atoms with Gasteiger partial charge in [0, 0.05) is 18.2 Å². The minimum Gasteiger partial charge on any atom is -0.360 e. The highest BCUT2D eigenvalue weighted by atomic mass is 32.2. The van der Waals surface area contributed by atoms with E-state index in [2.05, 4.69) is 72.3 Å². The van der Waals surface area contributed by atoms with Gasteiger partial charge in [-0.3, -0.25) is 9.36 Å². The molecule has 1 N–H and O–H groups in total. The summed E-state index contributed by atoms with van der Waals surface area (Å²) in [5, 5.41) is 15.5. The van der Waals surface area contributed by atoms with Crippen LogP contribution >= 0.6 is 11.8 Å². The van der Waals surface area contributed by atoms with Gasteiger partial charge >= 0.3 is 0 Å². The first kappa shape index (κ1) is 21.8. The number of thioether (sulfide) groups is 1. The average molecular weight is 426 g/mol. The van der Waals surface area contributed by atoms with Crippen molar-refractivity contribution in [3.63, 3.8) is 0 Å². The number of aromatic nitrogens is 4. The van der Waals surface area contributed by atoms with Crippen molar-refractivity contribution in [2.24, 2.45) is 0 Å². The number of hydrogen-bond acceptors (Lipinski definition) is 6. The maximum Gasteiger partial charge on any atom is 0.238 e. The Kier molecular flexibility index (Phi) is 6.45. The van der Waals surface area contributed by atoms with Crippen molar-refractivity contribution in [2.75, 3.05) is 5.32 Å². The number of hydrogen-bond donors (Lipinski definition) is 1. The van der Waals surface area contributed by atoms with E-state index in [4.69, 9.17) is 4.52 Å². The molecule has 1 atom stereocenters. The lowest BCUT2D eigenvalue weighted by Gasteiger charge is -2.19. The van der Waals surface area contributed by atoms with E-state index in [1.54, 1.807) is 19.1 Å². The van der Waals surface area contributed by atoms with E-state index in [1.807, 2.05) is 11.5 Å². The summed E-state index contributed by atoms with van der Waals surface area (Å²) < 4.78 is 6.95. The molecule has 3 rings (SSSR count). The van der Waals surface area contributed by atoms with Crippen LogP contribution in [0.4, 0.5) is 5.82 Å². The van der Waals surface area contributed by atoms with Gasteiger partial charge < -0.3 is 9.84 Å². The number of amides is 1. The fraction of sp³-hybridized carbons (Fsp3) is 0.364. The Balaban J connectivity index is 1.80. The molecule has 2 aromatic heterocycles. The second kappa shape index (κ2) is 8.87. The summed E-state index contributed by atoms with van der Waals surface area (Å²) in [7, 11) is 0. The van der Waals surface area contributed by atoms with Gasteiger partial charge in [0.05, 0.1) is 5.25 Å². The van der Waals surface area contributed by atoms with E-state index in [1.165, 1.54) is 17.3 Å². The molecule has 0 aliphatic rings. The number of allylic oxidation sites excluding steroid dienone is 1. The van der Waals surface area contributed by atoms with Crippen LogP contribution in [0.1, 0.15) is 39.0 Å². The largest absolute Gasteiger partial charge is 0.360 e. The van der Waals surface area contributed by atoms with Crippen molar-refractivity contribution in [1.82, 2.24) is 19.9 Å². The van der Waals surface area contributed by atoms with Crippen LogP contribution in [0, 0.1) is 6.92 Å². The Morgan fingerprint density at radius 3 is 2.57 bits per heavy atom. The van der Waals surface area contributed by atoms with Crippen molar-refractivity contribution in [2.45, 2.75) is 57.0 Å². The van der Waals surface area contributed by atoms with Crippen LogP contribution in [0.3, 0.4) is 0 Å². The summed E-state index contributed by atoms with van der Waals surface area (Å²) >= 11 is 1.34. The summed E-state index contributed by atoms with van der Waals surface area (Å²) in [4.78, 5) is 12.5. The molecule has 7 nitrogen and oxygen atoms in total. The zero-order valence-electron chi connectivity index (χ0n) is 18.0. The molecule has 8 heteroatoms. The molecule has 3 aromatic rings. The molecular weight excluding hydrogens is 398 g/mol. The van der Waals surface area contributed by atoms with E-state index >= 15 is 0 Å². The van der Waals surface area contributed by atoms with Crippen LogP contribution in [-0.2, 0) is 16.8 Å². The molecule has 0 aliphatic carbocycles. The zero-order valence-corrected chi connectivity index (χ0v) is 18.8. The van der Waals surface area contributed by atoms with Crippen molar-refractivity contribution < 1.29 is 9.32 Å². The fourth-order valence-corrected chi connectivity index (χ4v) is 3.73. The van der Waals surface area contributed by atoms with E-state index in [0.29, 0.717) is 23.3 Å². The molecule has 0 spiro atoms. The Labute approximate surface area is 180 Å². The van der Waals surface area contributed by atoms with Gasteiger partial charge in [-0.15, -0.1) is 16.8 Å². The molecule has 0 fully saturated rings. The van der Waals surface area contributed by atoms with Crippen molar-refractivity contribution in [3.8, 4) is 11.4 Å². The number of aryl methyl sites for hydroxylation is 1. The molecular formula is C22H27N5O2S. The highest BCUT2D eigenvalue weighted by molar-refractivity contribution is 8.00. The minimum absolute atomic E-state index is 0.0828. The number of carbonyl (C=O) groups is 1. The normalized spacial score (nSPS) is 12.6. The van der Waals surface area contributed by atoms with Crippen molar-refractivity contribution >= 4 is 23.5 Å². The topological polar surface area (TPSA) is 85.8 Å². The maximum absolute atomic E-state index is 12.5. The number of benzene rings is 1. The van der Waals surface area contributed by atoms with E-state index in [0.717, 1.165) is 11.4 Å². The lowest BCUT2D eigenvalue weighted by Crippen LogP contribution is -2.23. The molecule has 0 saturated carbocycles. The molecule has 0 aliphatic heterocycles. The third-order valence-corrected chi connectivity index (χ3v) is 5.65. The van der Waals surface area contributed by atoms with Crippen molar-refractivity contribution in [1.29, 1.82) is 0 Å². The monoisotopic (exact) mass is 425 g/mol. The quantitative estimate of drug-likeness (QED) is 0.430. The highest BCUT2D eigenvalue weighted by Gasteiger charge is 2.22. The first-order valence-electron chi connectivity index (χ1n) is 9.75. The van der Waals surface area contributed by atoms with Crippen molar-refractivity contribution in [3.05, 3.63) is 54.3 Å². The maximum atomic E-state index is 12.5. The number of anilines is 1. The Bertz CT molecular complexity index is 1030. The molecule has 2 heterocycles. The second-order valence-electron chi connectivity index (χ2n) is 8.10. The SMILES string of the molecule is C=CCn1c(S[C@@H](C)C(=O)Nc2cc(C)on2)nnc1-c1ccc(C(C)(C)C)cc1. The third-order valence-electron chi connectivity index (χ3n) is 4.57. The summed E-state index contributed by atoms with van der Waals surface area (Å²) in [6.07, 6.45) is 1.79. The molecule has 0 unspecified atom stereocenters. The Morgan fingerprint density at radius 2 is 2.00 bits per heavy atom. The molecule has 1 amide bonds. The average Bonchev–Trinajstić information content (AvgIpc) is 3.27. The summed E-state index contributed by atoms with van der Waals surface area (Å²) in [5.41, 5.74) is 2.31. The second-order valence-corrected chi connectivity index (χ2v) is 9.41. The van der Waals surface area contributed by atoms with E-state index in [9.17, 15) is 4.79 Å². The summed E-state index contributed by atoms with van der Waals surface area (Å²) in [6, 6.07) is 10.0. The molecule has 0 saturated heterocycles. The molecule has 1 aromatic carbocycles. The van der Waals surface area contributed by atoms with Crippen LogP contribution in [0.2, 0.25) is 0 Å². The standard InChI is InChI=1S/C22H27N5O2S/c1-7-12-27-19(16-8-10-17(11-9-16)22(4,5)6)24-25-21(27)30-15(3)20(28)23-18-13-14(2)29-26-18/h7-11,13,15H,1,12H2,2-6H3,(H,23,26,28)/t15-/m0/s1. The predicted octanol–water partition coefficient (Wildman–Crippen LogP) is 4.84. The minimum atomic E-state index is -0.397. The molecule has 0 radical (unpaired) electrons. The smallest absolute Gasteiger partial charge is 0.238 e. The van der Waals surface area contributed by atoms with E-state index in [-0.39, 0.29) is 11.3 Å². The first-order valence-corrected chi connectivity index (χ1v) is 10.6. The van der Waals surface area contributed by atoms with Crippen LogP contribution in [0.5, 0.6) is 0 Å². The van der Waals surface area contributed by atoms with Gasteiger partial charge in [-0.25, -0.2) is 0 Å². The van der Waals surface area contributed by atoms with Crippen LogP contribution < -0.4 is 5.32 Å². The fourth-order valence-electron chi connectivity index (χ4n) is 2.87. The van der Waals surface area contributed by atoms with Gasteiger partial charge in [0.1, 0.15) is 5.76 Å². The number of nitrogens with one attached hydrogen (secondary N) is 1. The zero-order chi connectivity index (χ0) is 21.9. The number of carbonyl (C=O) groups excluding carboxylic acids is 1. The molecule has 0 bridgehead atoms. The number of nitrogens with zero attached hydrogens (tertiary/aromatic N) is 4. The van der Waals surface area contributed by atoms with Crippen LogP contribution in [0.25, 0.3) is 11.4 Å². The summed E-state index contributed by atoms with van der Waals surface area (Å²) in [5.74, 6) is 1.60. The lowest BCUT2D eigenvalue weighted by atomic mass is 9.87. The number of rotatable bonds is 7. The van der Waals surface area contributed by atoms with Gasteiger partial charge in [-0.2, -0.15) is 0 Å². The Hall–Kier alpha value is -2.87. The predicted molar refractivity (Wildman–Crippen MR) is 120 cm³/mol. The summed E-state index contributed by atoms with van der Waals surface area (Å²) in [6.45, 7) is 14.5. The van der Waals surface area contributed by atoms with Gasteiger partial charge in [0.25, 0.3) is 0 Å². The van der Waals surface area contributed by atoms with Crippen LogP contribution in [-0.4, -0.2) is 31.1 Å². The van der Waals surface area contributed by atoms with Gasteiger partial charge in [0.15, 0.2) is 16.8 Å².